The molecule has 1 amide bonds. The van der Waals surface area contributed by atoms with Crippen LogP contribution in [0.3, 0.4) is 0 Å². The lowest BCUT2D eigenvalue weighted by Crippen LogP contribution is -2.50. The van der Waals surface area contributed by atoms with E-state index in [0.717, 1.165) is 4.90 Å². The number of carbonyl (C=O) groups excluding carboxylic acids is 1. The maximum atomic E-state index is 11.8. The molecule has 1 unspecified atom stereocenters. The third-order valence-electron chi connectivity index (χ3n) is 2.03. The maximum Gasteiger partial charge on any atom is 0.241 e. The summed E-state index contributed by atoms with van der Waals surface area (Å²) >= 11 is 0. The van der Waals surface area contributed by atoms with Crippen LogP contribution in [0.2, 0.25) is 0 Å². The van der Waals surface area contributed by atoms with E-state index in [1.54, 1.807) is 0 Å². The fraction of sp³-hybridized carbons (Fsp3) is 0.700. The molecule has 2 N–H and O–H groups in total. The van der Waals surface area contributed by atoms with E-state index < -0.39 is 6.04 Å². The van der Waals surface area contributed by atoms with E-state index in [-0.39, 0.29) is 24.4 Å². The van der Waals surface area contributed by atoms with Gasteiger partial charge < -0.3 is 10.6 Å². The number of nitriles is 2. The summed E-state index contributed by atoms with van der Waals surface area (Å²) < 4.78 is 0. The predicted octanol–water partition coefficient (Wildman–Crippen LogP) is 0.236. The number of hydrogen-bond acceptors (Lipinski definition) is 4. The standard InChI is InChI=1S/C10H16N4O/c1-10(2,3)8(13)9(15)14(6-4-11)7-5-12/h8H,6-7,13H2,1-3H3. The zero-order chi connectivity index (χ0) is 12.1. The van der Waals surface area contributed by atoms with E-state index >= 15 is 0 Å². The molecule has 0 rings (SSSR count). The molecule has 0 bridgehead atoms. The average Bonchev–Trinajstić information content (AvgIpc) is 2.14. The van der Waals surface area contributed by atoms with E-state index in [4.69, 9.17) is 16.3 Å². The molecule has 0 aliphatic rings. The summed E-state index contributed by atoms with van der Waals surface area (Å²) in [7, 11) is 0. The van der Waals surface area contributed by atoms with Crippen molar-refractivity contribution in [2.24, 2.45) is 11.1 Å². The summed E-state index contributed by atoms with van der Waals surface area (Å²) in [6.07, 6.45) is 0. The van der Waals surface area contributed by atoms with Crippen LogP contribution in [0.25, 0.3) is 0 Å². The lowest BCUT2D eigenvalue weighted by atomic mass is 9.86. The number of hydrogen-bond donors (Lipinski definition) is 1. The Bertz CT molecular complexity index is 289. The summed E-state index contributed by atoms with van der Waals surface area (Å²) in [5.41, 5.74) is 5.37. The van der Waals surface area contributed by atoms with E-state index in [1.165, 1.54) is 0 Å². The topological polar surface area (TPSA) is 93.9 Å². The van der Waals surface area contributed by atoms with E-state index in [9.17, 15) is 4.79 Å². The molecule has 15 heavy (non-hydrogen) atoms. The number of nitrogens with two attached hydrogens (primary N) is 1. The minimum atomic E-state index is -0.695. The zero-order valence-electron chi connectivity index (χ0n) is 9.32. The van der Waals surface area contributed by atoms with Crippen LogP contribution in [0.5, 0.6) is 0 Å². The van der Waals surface area contributed by atoms with Crippen LogP contribution in [0, 0.1) is 28.1 Å². The van der Waals surface area contributed by atoms with Gasteiger partial charge in [0.1, 0.15) is 13.1 Å². The third kappa shape index (κ3) is 3.97. The van der Waals surface area contributed by atoms with Crippen molar-refractivity contribution in [1.82, 2.24) is 4.90 Å². The highest BCUT2D eigenvalue weighted by molar-refractivity contribution is 5.82. The first-order valence-corrected chi connectivity index (χ1v) is 4.63. The van der Waals surface area contributed by atoms with Crippen LogP contribution in [-0.2, 0) is 4.79 Å². The molecule has 0 aromatic rings. The van der Waals surface area contributed by atoms with Crippen molar-refractivity contribution in [3.05, 3.63) is 0 Å². The fourth-order valence-electron chi connectivity index (χ4n) is 0.950. The second kappa shape index (κ2) is 5.33. The summed E-state index contributed by atoms with van der Waals surface area (Å²) in [6, 6.07) is 2.98. The molecule has 0 radical (unpaired) electrons. The van der Waals surface area contributed by atoms with Gasteiger partial charge in [0.15, 0.2) is 0 Å². The smallest absolute Gasteiger partial charge is 0.241 e. The highest BCUT2D eigenvalue weighted by Gasteiger charge is 2.30. The molecule has 82 valence electrons. The van der Waals surface area contributed by atoms with Gasteiger partial charge in [-0.3, -0.25) is 4.79 Å². The summed E-state index contributed by atoms with van der Waals surface area (Å²) in [6.45, 7) is 5.32. The van der Waals surface area contributed by atoms with E-state index in [2.05, 4.69) is 0 Å². The first-order chi connectivity index (χ1) is 6.84. The Morgan fingerprint density at radius 1 is 1.33 bits per heavy atom. The molecular formula is C10H16N4O. The van der Waals surface area contributed by atoms with Gasteiger partial charge >= 0.3 is 0 Å². The molecule has 0 saturated carbocycles. The second-order valence-electron chi connectivity index (χ2n) is 4.35. The monoisotopic (exact) mass is 208 g/mol. The van der Waals surface area contributed by atoms with Crippen LogP contribution in [0.4, 0.5) is 0 Å². The van der Waals surface area contributed by atoms with Gasteiger partial charge in [-0.05, 0) is 5.41 Å². The number of rotatable bonds is 3. The van der Waals surface area contributed by atoms with Crippen LogP contribution in [0.15, 0.2) is 0 Å². The Balaban J connectivity index is 4.66. The van der Waals surface area contributed by atoms with E-state index in [0.29, 0.717) is 0 Å². The van der Waals surface area contributed by atoms with E-state index in [1.807, 2.05) is 32.9 Å². The third-order valence-corrected chi connectivity index (χ3v) is 2.03. The van der Waals surface area contributed by atoms with Crippen molar-refractivity contribution in [1.29, 1.82) is 10.5 Å². The summed E-state index contributed by atoms with van der Waals surface area (Å²) in [4.78, 5) is 12.9. The van der Waals surface area contributed by atoms with Gasteiger partial charge in [0.2, 0.25) is 5.91 Å². The molecule has 0 aromatic carbocycles. The first kappa shape index (κ1) is 13.4. The molecule has 0 saturated heterocycles. The molecule has 0 aromatic heterocycles. The van der Waals surface area contributed by atoms with Crippen molar-refractivity contribution in [2.45, 2.75) is 26.8 Å². The molecule has 1 atom stereocenters. The Labute approximate surface area is 90.1 Å². The van der Waals surface area contributed by atoms with Crippen LogP contribution in [-0.4, -0.2) is 29.9 Å². The van der Waals surface area contributed by atoms with Gasteiger partial charge in [-0.25, -0.2) is 0 Å². The summed E-state index contributed by atoms with van der Waals surface area (Å²) in [5.74, 6) is -0.356. The molecule has 0 heterocycles. The quantitative estimate of drug-likeness (QED) is 0.672. The normalized spacial score (nSPS) is 12.4. The molecule has 0 aliphatic heterocycles. The maximum absolute atomic E-state index is 11.8. The fourth-order valence-corrected chi connectivity index (χ4v) is 0.950. The highest BCUT2D eigenvalue weighted by atomic mass is 16.2. The van der Waals surface area contributed by atoms with Crippen molar-refractivity contribution in [3.8, 4) is 12.1 Å². The van der Waals surface area contributed by atoms with Gasteiger partial charge in [0, 0.05) is 0 Å². The van der Waals surface area contributed by atoms with Crippen molar-refractivity contribution < 1.29 is 4.79 Å². The van der Waals surface area contributed by atoms with Gasteiger partial charge in [0.25, 0.3) is 0 Å². The molecular weight excluding hydrogens is 192 g/mol. The number of nitrogens with zero attached hydrogens (tertiary/aromatic N) is 3. The molecule has 5 heteroatoms. The Hall–Kier alpha value is -1.59. The van der Waals surface area contributed by atoms with Crippen LogP contribution < -0.4 is 5.73 Å². The Kier molecular flexibility index (Phi) is 4.77. The average molecular weight is 208 g/mol. The predicted molar refractivity (Wildman–Crippen MR) is 55.2 cm³/mol. The van der Waals surface area contributed by atoms with Gasteiger partial charge in [-0.2, -0.15) is 10.5 Å². The number of carbonyl (C=O) groups is 1. The SMILES string of the molecule is CC(C)(C)C(N)C(=O)N(CC#N)CC#N. The molecule has 5 nitrogen and oxygen atoms in total. The first-order valence-electron chi connectivity index (χ1n) is 4.63. The van der Waals surface area contributed by atoms with Gasteiger partial charge in [-0.15, -0.1) is 0 Å². The van der Waals surface area contributed by atoms with Crippen LogP contribution >= 0.6 is 0 Å². The lowest BCUT2D eigenvalue weighted by molar-refractivity contribution is -0.133. The Morgan fingerprint density at radius 2 is 1.73 bits per heavy atom. The summed E-state index contributed by atoms with van der Waals surface area (Å²) in [5, 5.41) is 17.0. The van der Waals surface area contributed by atoms with Gasteiger partial charge in [-0.1, -0.05) is 20.8 Å². The molecule has 0 aliphatic carbocycles. The van der Waals surface area contributed by atoms with Crippen molar-refractivity contribution in [3.63, 3.8) is 0 Å². The zero-order valence-corrected chi connectivity index (χ0v) is 9.32. The second-order valence-corrected chi connectivity index (χ2v) is 4.35. The largest absolute Gasteiger partial charge is 0.319 e. The Morgan fingerprint density at radius 3 is 2.00 bits per heavy atom. The minimum Gasteiger partial charge on any atom is -0.319 e. The van der Waals surface area contributed by atoms with Crippen molar-refractivity contribution in [2.75, 3.05) is 13.1 Å². The molecule has 0 spiro atoms. The number of amides is 1. The van der Waals surface area contributed by atoms with Crippen molar-refractivity contribution >= 4 is 5.91 Å². The minimum absolute atomic E-state index is 0.101. The van der Waals surface area contributed by atoms with Crippen LogP contribution in [0.1, 0.15) is 20.8 Å². The molecule has 0 fully saturated rings. The highest BCUT2D eigenvalue weighted by Crippen LogP contribution is 2.18. The van der Waals surface area contributed by atoms with Gasteiger partial charge in [0.05, 0.1) is 18.2 Å². The lowest BCUT2D eigenvalue weighted by Gasteiger charge is -2.29.